The zero-order valence-electron chi connectivity index (χ0n) is 17.2. The number of hydrogen-bond acceptors (Lipinski definition) is 0. The lowest BCUT2D eigenvalue weighted by Gasteiger charge is -1.96. The Labute approximate surface area is 168 Å². The predicted molar refractivity (Wildman–Crippen MR) is 123 cm³/mol. The summed E-state index contributed by atoms with van der Waals surface area (Å²) in [5.74, 6) is 0. The lowest BCUT2D eigenvalue weighted by Crippen LogP contribution is -1.81. The zero-order chi connectivity index (χ0) is 19.3. The quantitative estimate of drug-likeness (QED) is 0.216. The molecule has 0 saturated heterocycles. The van der Waals surface area contributed by atoms with E-state index in [4.69, 9.17) is 0 Å². The lowest BCUT2D eigenvalue weighted by molar-refractivity contribution is 0.965. The normalized spacial score (nSPS) is 12.6. The number of unbranched alkanes of at least 4 members (excludes halogenated alkanes) is 4. The summed E-state index contributed by atoms with van der Waals surface area (Å²) in [4.78, 5) is 0. The largest absolute Gasteiger partial charge is 0.0917 e. The van der Waals surface area contributed by atoms with Crippen LogP contribution in [0.15, 0.2) is 91.1 Å². The standard InChI is InChI=1S/C27H38/c1-2-3-4-5-6-7-8-9-10-11-12-13-14-15-16-17-18-19-21-24-27-25-22-20-23-26-27/h2-3,6-7,10-11,14-15,18-20,22-23,25-26H,4-5,8-9,12-13,16-17,21,24H2,1H3/b3-2+,7-6+,11-10+,15-14+,19-18+. The first kappa shape index (κ1) is 23.0. The van der Waals surface area contributed by atoms with Crippen LogP contribution < -0.4 is 0 Å². The highest BCUT2D eigenvalue weighted by Crippen LogP contribution is 2.04. The van der Waals surface area contributed by atoms with Crippen LogP contribution >= 0.6 is 0 Å². The second-order valence-electron chi connectivity index (χ2n) is 6.79. The van der Waals surface area contributed by atoms with E-state index in [9.17, 15) is 0 Å². The van der Waals surface area contributed by atoms with Crippen molar-refractivity contribution in [2.45, 2.75) is 71.1 Å². The summed E-state index contributed by atoms with van der Waals surface area (Å²) >= 11 is 0. The van der Waals surface area contributed by atoms with Crippen molar-refractivity contribution in [3.8, 4) is 0 Å². The molecule has 0 aliphatic rings. The molecule has 0 aliphatic heterocycles. The van der Waals surface area contributed by atoms with Crippen molar-refractivity contribution in [2.24, 2.45) is 0 Å². The Bertz CT molecular complexity index is 569. The van der Waals surface area contributed by atoms with Gasteiger partial charge in [0.1, 0.15) is 0 Å². The molecule has 1 rings (SSSR count). The number of rotatable bonds is 15. The predicted octanol–water partition coefficient (Wildman–Crippen LogP) is 8.54. The number of aryl methyl sites for hydroxylation is 1. The number of benzene rings is 1. The van der Waals surface area contributed by atoms with Crippen LogP contribution in [0.1, 0.15) is 70.3 Å². The lowest BCUT2D eigenvalue weighted by atomic mass is 10.1. The zero-order valence-corrected chi connectivity index (χ0v) is 17.2. The summed E-state index contributed by atoms with van der Waals surface area (Å²) in [5, 5.41) is 0. The molecule has 1 aromatic carbocycles. The fourth-order valence-electron chi connectivity index (χ4n) is 2.77. The van der Waals surface area contributed by atoms with E-state index >= 15 is 0 Å². The van der Waals surface area contributed by atoms with E-state index in [2.05, 4.69) is 98.0 Å². The van der Waals surface area contributed by atoms with Gasteiger partial charge >= 0.3 is 0 Å². The molecule has 27 heavy (non-hydrogen) atoms. The van der Waals surface area contributed by atoms with Crippen molar-refractivity contribution in [2.75, 3.05) is 0 Å². The molecule has 0 atom stereocenters. The van der Waals surface area contributed by atoms with Gasteiger partial charge < -0.3 is 0 Å². The second-order valence-corrected chi connectivity index (χ2v) is 6.79. The summed E-state index contributed by atoms with van der Waals surface area (Å²) in [6, 6.07) is 10.7. The van der Waals surface area contributed by atoms with Crippen molar-refractivity contribution < 1.29 is 0 Å². The van der Waals surface area contributed by atoms with E-state index in [1.165, 1.54) is 24.8 Å². The summed E-state index contributed by atoms with van der Waals surface area (Å²) < 4.78 is 0. The second kappa shape index (κ2) is 18.7. The minimum Gasteiger partial charge on any atom is -0.0917 e. The highest BCUT2D eigenvalue weighted by Gasteiger charge is 1.87. The molecular formula is C27H38. The van der Waals surface area contributed by atoms with Crippen molar-refractivity contribution in [3.05, 3.63) is 96.7 Å². The molecule has 0 aliphatic carbocycles. The van der Waals surface area contributed by atoms with Gasteiger partial charge in [0.15, 0.2) is 0 Å². The summed E-state index contributed by atoms with van der Waals surface area (Å²) in [6.07, 6.45) is 34.5. The fourth-order valence-corrected chi connectivity index (χ4v) is 2.77. The van der Waals surface area contributed by atoms with Gasteiger partial charge in [0.05, 0.1) is 0 Å². The minimum absolute atomic E-state index is 1.14. The van der Waals surface area contributed by atoms with Crippen LogP contribution in [0.25, 0.3) is 0 Å². The average molecular weight is 363 g/mol. The Kier molecular flexibility index (Phi) is 15.9. The summed E-state index contributed by atoms with van der Waals surface area (Å²) in [7, 11) is 0. The molecule has 0 fully saturated rings. The van der Waals surface area contributed by atoms with Gasteiger partial charge in [0, 0.05) is 0 Å². The van der Waals surface area contributed by atoms with Gasteiger partial charge in [-0.25, -0.2) is 0 Å². The van der Waals surface area contributed by atoms with Crippen molar-refractivity contribution in [1.82, 2.24) is 0 Å². The molecule has 0 aromatic heterocycles. The SMILES string of the molecule is C/C=C/CC/C=C/CC/C=C/CC/C=C/CC/C=C/CCc1ccccc1. The molecule has 146 valence electrons. The van der Waals surface area contributed by atoms with Crippen LogP contribution in [0.5, 0.6) is 0 Å². The van der Waals surface area contributed by atoms with Crippen molar-refractivity contribution in [1.29, 1.82) is 0 Å². The first-order valence-corrected chi connectivity index (χ1v) is 10.7. The third-order valence-corrected chi connectivity index (χ3v) is 4.34. The Morgan fingerprint density at radius 2 is 0.852 bits per heavy atom. The van der Waals surface area contributed by atoms with Gasteiger partial charge in [-0.05, 0) is 76.7 Å². The maximum absolute atomic E-state index is 2.32. The molecule has 0 saturated carbocycles. The molecule has 0 spiro atoms. The summed E-state index contributed by atoms with van der Waals surface area (Å²) in [5.41, 5.74) is 1.43. The van der Waals surface area contributed by atoms with Crippen LogP contribution in [-0.4, -0.2) is 0 Å². The Balaban J connectivity index is 1.89. The molecule has 0 radical (unpaired) electrons. The Morgan fingerprint density at radius 3 is 1.26 bits per heavy atom. The highest BCUT2D eigenvalue weighted by atomic mass is 13.9. The molecule has 0 heteroatoms. The number of hydrogen-bond donors (Lipinski definition) is 0. The minimum atomic E-state index is 1.14. The first-order valence-electron chi connectivity index (χ1n) is 10.7. The molecule has 0 heterocycles. The Hall–Kier alpha value is -2.08. The fraction of sp³-hybridized carbons (Fsp3) is 0.407. The van der Waals surface area contributed by atoms with Gasteiger partial charge in [-0.15, -0.1) is 0 Å². The molecule has 0 bridgehead atoms. The smallest absolute Gasteiger partial charge is 0.0244 e. The van der Waals surface area contributed by atoms with E-state index in [1.54, 1.807) is 0 Å². The van der Waals surface area contributed by atoms with Crippen molar-refractivity contribution >= 4 is 0 Å². The van der Waals surface area contributed by atoms with E-state index in [0.29, 0.717) is 0 Å². The van der Waals surface area contributed by atoms with E-state index in [-0.39, 0.29) is 0 Å². The van der Waals surface area contributed by atoms with Crippen LogP contribution in [0.3, 0.4) is 0 Å². The van der Waals surface area contributed by atoms with E-state index in [1.807, 2.05) is 0 Å². The summed E-state index contributed by atoms with van der Waals surface area (Å²) in [6.45, 7) is 2.08. The number of allylic oxidation sites excluding steroid dienone is 10. The van der Waals surface area contributed by atoms with Crippen LogP contribution in [0.4, 0.5) is 0 Å². The maximum atomic E-state index is 2.32. The first-order chi connectivity index (χ1) is 13.4. The molecule has 0 unspecified atom stereocenters. The van der Waals surface area contributed by atoms with Crippen LogP contribution in [-0.2, 0) is 6.42 Å². The third-order valence-electron chi connectivity index (χ3n) is 4.34. The van der Waals surface area contributed by atoms with Gasteiger partial charge in [0.2, 0.25) is 0 Å². The van der Waals surface area contributed by atoms with Crippen LogP contribution in [0, 0.1) is 0 Å². The van der Waals surface area contributed by atoms with Gasteiger partial charge in [-0.3, -0.25) is 0 Å². The van der Waals surface area contributed by atoms with E-state index in [0.717, 1.165) is 44.9 Å². The Morgan fingerprint density at radius 1 is 0.481 bits per heavy atom. The van der Waals surface area contributed by atoms with Gasteiger partial charge in [-0.1, -0.05) is 91.1 Å². The molecule has 1 aromatic rings. The van der Waals surface area contributed by atoms with Gasteiger partial charge in [-0.2, -0.15) is 0 Å². The third kappa shape index (κ3) is 15.9. The van der Waals surface area contributed by atoms with E-state index < -0.39 is 0 Å². The molecule has 0 amide bonds. The topological polar surface area (TPSA) is 0 Å². The average Bonchev–Trinajstić information content (AvgIpc) is 2.70. The highest BCUT2D eigenvalue weighted by molar-refractivity contribution is 5.15. The van der Waals surface area contributed by atoms with Crippen LogP contribution in [0.2, 0.25) is 0 Å². The van der Waals surface area contributed by atoms with Crippen molar-refractivity contribution in [3.63, 3.8) is 0 Å². The molecule has 0 N–H and O–H groups in total. The van der Waals surface area contributed by atoms with Gasteiger partial charge in [0.25, 0.3) is 0 Å². The monoisotopic (exact) mass is 362 g/mol. The molecule has 0 nitrogen and oxygen atoms in total. The maximum Gasteiger partial charge on any atom is -0.0244 e. The molecular weight excluding hydrogens is 324 g/mol.